The van der Waals surface area contributed by atoms with E-state index in [0.717, 1.165) is 35.6 Å². The van der Waals surface area contributed by atoms with Crippen LogP contribution < -0.4 is 0 Å². The van der Waals surface area contributed by atoms with Crippen LogP contribution >= 0.6 is 0 Å². The highest BCUT2D eigenvalue weighted by Gasteiger charge is 2.26. The molecule has 0 saturated heterocycles. The summed E-state index contributed by atoms with van der Waals surface area (Å²) in [6, 6.07) is 0. The van der Waals surface area contributed by atoms with Crippen molar-refractivity contribution in [2.24, 2.45) is 5.41 Å². The maximum atomic E-state index is 10.6. The monoisotopic (exact) mass is 304 g/mol. The van der Waals surface area contributed by atoms with Crippen LogP contribution in [0.3, 0.4) is 0 Å². The van der Waals surface area contributed by atoms with Crippen molar-refractivity contribution in [2.45, 2.75) is 53.8 Å². The lowest BCUT2D eigenvalue weighted by molar-refractivity contribution is -0.131. The number of aliphatic carboxylic acids is 1. The average molecular weight is 304 g/mol. The summed E-state index contributed by atoms with van der Waals surface area (Å²) in [5.41, 5.74) is 2.88. The van der Waals surface area contributed by atoms with Crippen LogP contribution in [0, 0.1) is 5.41 Å². The van der Waals surface area contributed by atoms with Gasteiger partial charge in [-0.3, -0.25) is 0 Å². The molecule has 1 aliphatic rings. The van der Waals surface area contributed by atoms with Crippen molar-refractivity contribution in [1.29, 1.82) is 0 Å². The van der Waals surface area contributed by atoms with E-state index in [-0.39, 0.29) is 0 Å². The smallest absolute Gasteiger partial charge is 0.328 e. The normalized spacial score (nSPS) is 27.2. The van der Waals surface area contributed by atoms with Crippen LogP contribution in [0.5, 0.6) is 0 Å². The third kappa shape index (κ3) is 5.88. The lowest BCUT2D eigenvalue weighted by Gasteiger charge is -2.32. The Balaban J connectivity index is 3.00. The van der Waals surface area contributed by atoms with Gasteiger partial charge in [-0.2, -0.15) is 0 Å². The maximum absolute atomic E-state index is 10.6. The molecule has 1 unspecified atom stereocenters. The van der Waals surface area contributed by atoms with Gasteiger partial charge in [-0.25, -0.2) is 4.79 Å². The first kappa shape index (κ1) is 13.8. The minimum Gasteiger partial charge on any atom is -0.478 e. The second kappa shape index (κ2) is 7.98. The van der Waals surface area contributed by atoms with Crippen molar-refractivity contribution < 1.29 is 14.0 Å². The molecule has 0 amide bonds. The molecular weight excluding hydrogens is 273 g/mol. The number of carboxylic acids is 1. The molecule has 0 radical (unpaired) electrons. The molecule has 0 aromatic rings. The fourth-order valence-corrected chi connectivity index (χ4v) is 2.64. The molecule has 0 saturated carbocycles. The largest absolute Gasteiger partial charge is 0.478 e. The molecule has 0 fully saturated rings. The van der Waals surface area contributed by atoms with Crippen molar-refractivity contribution >= 4 is 5.97 Å². The minimum atomic E-state index is -2.02. The highest BCUT2D eigenvalue weighted by molar-refractivity contribution is 5.81. The summed E-state index contributed by atoms with van der Waals surface area (Å²) in [6.45, 7) is 5.48. The second-order valence-corrected chi connectivity index (χ2v) is 6.21. The van der Waals surface area contributed by atoms with Gasteiger partial charge in [0.2, 0.25) is 0 Å². The molecule has 0 heterocycles. The first-order valence-corrected chi connectivity index (χ1v) is 7.62. The predicted molar refractivity (Wildman–Crippen MR) is 93.8 cm³/mol. The van der Waals surface area contributed by atoms with E-state index in [1.54, 1.807) is 19.1 Å². The van der Waals surface area contributed by atoms with E-state index >= 15 is 0 Å². The minimum absolute atomic E-state index is 0.654. The Morgan fingerprint density at radius 3 is 2.68 bits per heavy atom. The van der Waals surface area contributed by atoms with E-state index in [0.29, 0.717) is 12.0 Å². The highest BCUT2D eigenvalue weighted by atomic mass is 16.4. The van der Waals surface area contributed by atoms with Gasteiger partial charge in [0.25, 0.3) is 0 Å². The van der Waals surface area contributed by atoms with Crippen LogP contribution in [-0.2, 0) is 4.79 Å². The van der Waals surface area contributed by atoms with E-state index in [9.17, 15) is 4.79 Å². The zero-order valence-corrected chi connectivity index (χ0v) is 13.9. The molecule has 0 aliphatic heterocycles. The van der Waals surface area contributed by atoms with Crippen molar-refractivity contribution in [3.8, 4) is 0 Å². The number of hydrogen-bond acceptors (Lipinski definition) is 1. The van der Waals surface area contributed by atoms with Gasteiger partial charge in [-0.15, -0.1) is 0 Å². The lowest BCUT2D eigenvalue weighted by atomic mass is 9.76. The fraction of sp³-hybridized carbons (Fsp3) is 0.450. The van der Waals surface area contributed by atoms with Crippen LogP contribution in [-0.4, -0.2) is 11.1 Å². The number of carbonyl (C=O) groups is 1. The lowest BCUT2D eigenvalue weighted by Crippen LogP contribution is -2.19. The van der Waals surface area contributed by atoms with Crippen LogP contribution in [0.2, 0.25) is 0 Å². The summed E-state index contributed by atoms with van der Waals surface area (Å²) < 4.78 is 23.8. The van der Waals surface area contributed by atoms with E-state index in [1.165, 1.54) is 0 Å². The van der Waals surface area contributed by atoms with Crippen molar-refractivity contribution in [3.63, 3.8) is 0 Å². The van der Waals surface area contributed by atoms with Gasteiger partial charge in [-0.05, 0) is 56.6 Å². The van der Waals surface area contributed by atoms with Gasteiger partial charge >= 0.3 is 5.97 Å². The van der Waals surface area contributed by atoms with Crippen molar-refractivity contribution in [3.05, 3.63) is 58.7 Å². The number of carboxylic acid groups (broad SMARTS) is 1. The fourth-order valence-electron chi connectivity index (χ4n) is 2.64. The highest BCUT2D eigenvalue weighted by Crippen LogP contribution is 2.40. The molecule has 0 bridgehead atoms. The van der Waals surface area contributed by atoms with Gasteiger partial charge in [-0.1, -0.05) is 55.3 Å². The molecule has 0 aromatic heterocycles. The molecule has 1 rings (SSSR count). The molecule has 1 aliphatic carbocycles. The molecule has 0 spiro atoms. The molecular formula is C20H28O2. The SMILES string of the molecule is [2H][13C]([2H])([2H])C1(C)CCCC(C)=C1/C=C/C(C)=C\C=C\C(C)=C\C(=O)O. The van der Waals surface area contributed by atoms with Crippen molar-refractivity contribution in [2.75, 3.05) is 0 Å². The molecule has 2 heteroatoms. The van der Waals surface area contributed by atoms with E-state index < -0.39 is 18.2 Å². The second-order valence-electron chi connectivity index (χ2n) is 6.21. The Morgan fingerprint density at radius 2 is 2.05 bits per heavy atom. The number of rotatable bonds is 5. The van der Waals surface area contributed by atoms with Gasteiger partial charge in [0.05, 0.1) is 0 Å². The standard InChI is InChI=1S/C20H28O2/c1-15(8-6-9-16(2)14-19(21)22)11-12-18-17(3)10-7-13-20(18,4)5/h6,8-9,11-12,14H,7,10,13H2,1-5H3,(H,21,22)/b9-6+,12-11+,15-8-,16-14+/i4+1D3. The molecule has 22 heavy (non-hydrogen) atoms. The predicted octanol–water partition coefficient (Wildman–Crippen LogP) is 5.60. The summed E-state index contributed by atoms with van der Waals surface area (Å²) in [5, 5.41) is 8.67. The molecule has 120 valence electrons. The van der Waals surface area contributed by atoms with E-state index in [4.69, 9.17) is 9.22 Å². The van der Waals surface area contributed by atoms with Crippen LogP contribution in [0.25, 0.3) is 0 Å². The Labute approximate surface area is 138 Å². The van der Waals surface area contributed by atoms with Crippen LogP contribution in [0.15, 0.2) is 58.7 Å². The summed E-state index contributed by atoms with van der Waals surface area (Å²) >= 11 is 0. The summed E-state index contributed by atoms with van der Waals surface area (Å²) in [4.78, 5) is 10.6. The third-order valence-corrected chi connectivity index (χ3v) is 3.87. The third-order valence-electron chi connectivity index (χ3n) is 3.87. The number of allylic oxidation sites excluding steroid dienone is 9. The summed E-state index contributed by atoms with van der Waals surface area (Å²) in [6.07, 6.45) is 12.9. The number of hydrogen-bond donors (Lipinski definition) is 1. The maximum Gasteiger partial charge on any atom is 0.328 e. The molecule has 1 atom stereocenters. The van der Waals surface area contributed by atoms with E-state index in [1.807, 2.05) is 39.0 Å². The van der Waals surface area contributed by atoms with Gasteiger partial charge in [0, 0.05) is 10.2 Å². The summed E-state index contributed by atoms with van der Waals surface area (Å²) in [5.74, 6) is -0.966. The topological polar surface area (TPSA) is 37.3 Å². The van der Waals surface area contributed by atoms with Gasteiger partial charge in [0.1, 0.15) is 0 Å². The Morgan fingerprint density at radius 1 is 1.32 bits per heavy atom. The van der Waals surface area contributed by atoms with Gasteiger partial charge in [0.15, 0.2) is 0 Å². The first-order valence-electron chi connectivity index (χ1n) is 9.12. The quantitative estimate of drug-likeness (QED) is 0.407. The van der Waals surface area contributed by atoms with Gasteiger partial charge < -0.3 is 5.11 Å². The van der Waals surface area contributed by atoms with Crippen LogP contribution in [0.1, 0.15) is 57.9 Å². The molecule has 1 N–H and O–H groups in total. The molecule has 0 aromatic carbocycles. The molecule has 2 nitrogen and oxygen atoms in total. The van der Waals surface area contributed by atoms with Crippen LogP contribution in [0.4, 0.5) is 0 Å². The zero-order chi connectivity index (χ0) is 19.3. The summed E-state index contributed by atoms with van der Waals surface area (Å²) in [7, 11) is 0. The average Bonchev–Trinajstić information content (AvgIpc) is 2.44. The first-order chi connectivity index (χ1) is 11.5. The zero-order valence-electron chi connectivity index (χ0n) is 16.9. The Bertz CT molecular complexity index is 661. The Kier molecular flexibility index (Phi) is 5.01. The Hall–Kier alpha value is -1.83. The van der Waals surface area contributed by atoms with E-state index in [2.05, 4.69) is 0 Å². The van der Waals surface area contributed by atoms with Crippen molar-refractivity contribution in [1.82, 2.24) is 0 Å².